The fourth-order valence-corrected chi connectivity index (χ4v) is 0.393. The van der Waals surface area contributed by atoms with Crippen molar-refractivity contribution in [2.75, 3.05) is 6.54 Å². The monoisotopic (exact) mass is 84.0 g/mol. The van der Waals surface area contributed by atoms with E-state index >= 15 is 0 Å². The molecule has 6 heavy (non-hydrogen) atoms. The summed E-state index contributed by atoms with van der Waals surface area (Å²) in [6.07, 6.45) is 1.58. The largest absolute Gasteiger partial charge is 0.509 e. The predicted octanol–water partition coefficient (Wildman–Crippen LogP) is 0.493. The molecule has 0 saturated carbocycles. The van der Waals surface area contributed by atoms with Crippen LogP contribution in [-0.2, 0) is 0 Å². The van der Waals surface area contributed by atoms with Gasteiger partial charge in [0.05, 0.1) is 6.54 Å². The molecule has 0 atom stereocenters. The van der Waals surface area contributed by atoms with E-state index in [9.17, 15) is 0 Å². The quantitative estimate of drug-likeness (QED) is 0.461. The van der Waals surface area contributed by atoms with Gasteiger partial charge in [0.1, 0.15) is 5.76 Å². The molecule has 0 spiro atoms. The first kappa shape index (κ1) is 3.53. The maximum atomic E-state index is 8.40. The van der Waals surface area contributed by atoms with Crippen LogP contribution in [-0.4, -0.2) is 16.6 Å². The normalized spacial score (nSPS) is 19.5. The Kier molecular flexibility index (Phi) is 0.528. The first-order valence-electron chi connectivity index (χ1n) is 1.76. The summed E-state index contributed by atoms with van der Waals surface area (Å²) < 4.78 is 0. The van der Waals surface area contributed by atoms with Crippen LogP contribution in [0.15, 0.2) is 12.0 Å². The number of aliphatic hydroxyl groups excluding tert-OH is 1. The van der Waals surface area contributed by atoms with Crippen molar-refractivity contribution in [3.8, 4) is 0 Å². The minimum absolute atomic E-state index is 0.421. The smallest absolute Gasteiger partial charge is 0.127 e. The molecule has 0 aromatic heterocycles. The molecule has 1 N–H and O–H groups in total. The summed E-state index contributed by atoms with van der Waals surface area (Å²) in [5, 5.41) is 8.40. The van der Waals surface area contributed by atoms with E-state index in [0.717, 1.165) is 0 Å². The first-order chi connectivity index (χ1) is 2.79. The molecule has 33 valence electrons. The summed E-state index contributed by atoms with van der Waals surface area (Å²) in [4.78, 5) is 1.66. The zero-order chi connectivity index (χ0) is 4.57. The zero-order valence-electron chi connectivity index (χ0n) is 3.39. The van der Waals surface area contributed by atoms with Gasteiger partial charge in [0.2, 0.25) is 0 Å². The van der Waals surface area contributed by atoms with E-state index in [1.807, 2.05) is 0 Å². The van der Waals surface area contributed by atoms with Crippen molar-refractivity contribution in [2.24, 2.45) is 0 Å². The Hall–Kier alpha value is -0.660. The van der Waals surface area contributed by atoms with Gasteiger partial charge in [-0.2, -0.15) is 0 Å². The maximum absolute atomic E-state index is 8.40. The van der Waals surface area contributed by atoms with Crippen molar-refractivity contribution in [1.29, 1.82) is 0 Å². The number of rotatable bonds is 0. The van der Waals surface area contributed by atoms with Gasteiger partial charge in [-0.05, 0) is 0 Å². The predicted molar refractivity (Wildman–Crippen MR) is 22.8 cm³/mol. The van der Waals surface area contributed by atoms with E-state index in [4.69, 9.17) is 5.11 Å². The third-order valence-corrected chi connectivity index (χ3v) is 0.697. The van der Waals surface area contributed by atoms with Crippen LogP contribution in [0.4, 0.5) is 0 Å². The van der Waals surface area contributed by atoms with Crippen LogP contribution in [0, 0.1) is 7.05 Å². The van der Waals surface area contributed by atoms with Gasteiger partial charge in [-0.25, -0.2) is 0 Å². The van der Waals surface area contributed by atoms with Crippen molar-refractivity contribution < 1.29 is 5.11 Å². The van der Waals surface area contributed by atoms with Crippen molar-refractivity contribution in [3.63, 3.8) is 0 Å². The van der Waals surface area contributed by atoms with Crippen LogP contribution in [0.5, 0.6) is 0 Å². The molecule has 1 aliphatic heterocycles. The van der Waals surface area contributed by atoms with Crippen molar-refractivity contribution >= 4 is 0 Å². The molecule has 0 bridgehead atoms. The Bertz CT molecular complexity index is 87.5. The highest BCUT2D eigenvalue weighted by Gasteiger charge is 2.06. The number of hydrogen-bond acceptors (Lipinski definition) is 2. The van der Waals surface area contributed by atoms with Gasteiger partial charge in [-0.3, -0.25) is 0 Å². The third-order valence-electron chi connectivity index (χ3n) is 0.697. The molecule has 1 rings (SSSR count). The molecule has 0 saturated heterocycles. The molecule has 1 heterocycles. The SMILES string of the molecule is [CH2]N1C=C(O)C1. The Balaban J connectivity index is 2.46. The van der Waals surface area contributed by atoms with E-state index in [2.05, 4.69) is 7.05 Å². The molecule has 1 radical (unpaired) electrons. The first-order valence-corrected chi connectivity index (χ1v) is 1.76. The molecular weight excluding hydrogens is 78.0 g/mol. The Labute approximate surface area is 36.7 Å². The fourth-order valence-electron chi connectivity index (χ4n) is 0.393. The summed E-state index contributed by atoms with van der Waals surface area (Å²) in [6, 6.07) is 0. The van der Waals surface area contributed by atoms with E-state index in [-0.39, 0.29) is 0 Å². The van der Waals surface area contributed by atoms with Gasteiger partial charge in [0.15, 0.2) is 0 Å². The summed E-state index contributed by atoms with van der Waals surface area (Å²) in [7, 11) is 3.49. The Morgan fingerprint density at radius 1 is 2.00 bits per heavy atom. The highest BCUT2D eigenvalue weighted by molar-refractivity contribution is 5.04. The molecular formula is C4H6NO. The second-order valence-electron chi connectivity index (χ2n) is 1.37. The van der Waals surface area contributed by atoms with E-state index in [1.54, 1.807) is 11.1 Å². The van der Waals surface area contributed by atoms with Crippen LogP contribution in [0.2, 0.25) is 0 Å². The lowest BCUT2D eigenvalue weighted by Crippen LogP contribution is -2.22. The van der Waals surface area contributed by atoms with Gasteiger partial charge in [0, 0.05) is 13.2 Å². The standard InChI is InChI=1S/C4H6NO/c1-5-2-4(6)3-5/h2,6H,1,3H2. The Morgan fingerprint density at radius 2 is 2.50 bits per heavy atom. The summed E-state index contributed by atoms with van der Waals surface area (Å²) in [5.74, 6) is 0.421. The number of nitrogens with zero attached hydrogens (tertiary/aromatic N) is 1. The van der Waals surface area contributed by atoms with Crippen LogP contribution in [0.25, 0.3) is 0 Å². The second-order valence-corrected chi connectivity index (χ2v) is 1.37. The van der Waals surface area contributed by atoms with Crippen LogP contribution in [0.3, 0.4) is 0 Å². The van der Waals surface area contributed by atoms with Crippen molar-refractivity contribution in [3.05, 3.63) is 19.0 Å². The summed E-state index contributed by atoms with van der Waals surface area (Å²) >= 11 is 0. The third kappa shape index (κ3) is 0.339. The average Bonchev–Trinajstić information content (AvgIpc) is 1.33. The number of hydrogen-bond donors (Lipinski definition) is 1. The van der Waals surface area contributed by atoms with Crippen LogP contribution < -0.4 is 0 Å². The molecule has 0 unspecified atom stereocenters. The van der Waals surface area contributed by atoms with Gasteiger partial charge < -0.3 is 10.0 Å². The van der Waals surface area contributed by atoms with Crippen LogP contribution in [0.1, 0.15) is 0 Å². The van der Waals surface area contributed by atoms with E-state index < -0.39 is 0 Å². The lowest BCUT2D eigenvalue weighted by Gasteiger charge is -2.21. The minimum atomic E-state index is 0.421. The molecule has 0 amide bonds. The maximum Gasteiger partial charge on any atom is 0.127 e. The van der Waals surface area contributed by atoms with Gasteiger partial charge in [-0.15, -0.1) is 0 Å². The topological polar surface area (TPSA) is 23.5 Å². The second kappa shape index (κ2) is 0.899. The van der Waals surface area contributed by atoms with Crippen molar-refractivity contribution in [2.45, 2.75) is 0 Å². The minimum Gasteiger partial charge on any atom is -0.509 e. The number of aliphatic hydroxyl groups is 1. The van der Waals surface area contributed by atoms with Gasteiger partial charge in [-0.1, -0.05) is 0 Å². The van der Waals surface area contributed by atoms with E-state index in [0.29, 0.717) is 12.3 Å². The molecule has 0 fully saturated rings. The summed E-state index contributed by atoms with van der Waals surface area (Å²) in [6.45, 7) is 0.611. The molecule has 0 aromatic rings. The molecule has 2 heteroatoms. The molecule has 2 nitrogen and oxygen atoms in total. The lowest BCUT2D eigenvalue weighted by atomic mass is 10.4. The molecule has 0 aromatic carbocycles. The lowest BCUT2D eigenvalue weighted by molar-refractivity contribution is 0.290. The highest BCUT2D eigenvalue weighted by atomic mass is 16.3. The van der Waals surface area contributed by atoms with Crippen LogP contribution >= 0.6 is 0 Å². The highest BCUT2D eigenvalue weighted by Crippen LogP contribution is 2.05. The fraction of sp³-hybridized carbons (Fsp3) is 0.250. The van der Waals surface area contributed by atoms with Gasteiger partial charge in [0.25, 0.3) is 0 Å². The average molecular weight is 84.1 g/mol. The zero-order valence-corrected chi connectivity index (χ0v) is 3.39. The van der Waals surface area contributed by atoms with E-state index in [1.165, 1.54) is 0 Å². The Morgan fingerprint density at radius 3 is 2.50 bits per heavy atom. The van der Waals surface area contributed by atoms with Gasteiger partial charge >= 0.3 is 0 Å². The summed E-state index contributed by atoms with van der Waals surface area (Å²) in [5.41, 5.74) is 0. The molecule has 1 aliphatic rings. The molecule has 0 aliphatic carbocycles. The van der Waals surface area contributed by atoms with Crippen molar-refractivity contribution in [1.82, 2.24) is 4.90 Å².